The molecule has 4 aromatic rings. The molecular formula is C19H18N4O. The van der Waals surface area contributed by atoms with E-state index in [9.17, 15) is 0 Å². The molecule has 3 aromatic heterocycles. The van der Waals surface area contributed by atoms with E-state index in [0.29, 0.717) is 6.61 Å². The van der Waals surface area contributed by atoms with E-state index >= 15 is 0 Å². The zero-order valence-corrected chi connectivity index (χ0v) is 13.7. The third-order valence-electron chi connectivity index (χ3n) is 4.14. The molecule has 5 heteroatoms. The third kappa shape index (κ3) is 2.49. The summed E-state index contributed by atoms with van der Waals surface area (Å²) in [6.07, 6.45) is 7.73. The Kier molecular flexibility index (Phi) is 3.63. The molecule has 0 fully saturated rings. The molecule has 0 spiro atoms. The highest BCUT2D eigenvalue weighted by Crippen LogP contribution is 2.35. The second-order valence-corrected chi connectivity index (χ2v) is 5.82. The monoisotopic (exact) mass is 318 g/mol. The van der Waals surface area contributed by atoms with Gasteiger partial charge in [-0.1, -0.05) is 18.2 Å². The van der Waals surface area contributed by atoms with Crippen molar-refractivity contribution in [3.63, 3.8) is 0 Å². The van der Waals surface area contributed by atoms with E-state index in [-0.39, 0.29) is 0 Å². The van der Waals surface area contributed by atoms with Crippen LogP contribution in [0.2, 0.25) is 0 Å². The smallest absolute Gasteiger partial charge is 0.138 e. The summed E-state index contributed by atoms with van der Waals surface area (Å²) < 4.78 is 7.07. The van der Waals surface area contributed by atoms with Crippen molar-refractivity contribution in [2.75, 3.05) is 7.11 Å². The standard InChI is InChI=1S/C19H18N4O/c1-23-11-15(9-22-23)17-10-21-19-18(17)16(6-7-20-19)14-5-3-4-13(8-14)12-24-2/h3-11H,12H2,1-2H3,(H,20,21). The van der Waals surface area contributed by atoms with Crippen LogP contribution >= 0.6 is 0 Å². The zero-order valence-electron chi connectivity index (χ0n) is 13.7. The molecule has 0 radical (unpaired) electrons. The van der Waals surface area contributed by atoms with Crippen molar-refractivity contribution in [3.05, 3.63) is 60.7 Å². The van der Waals surface area contributed by atoms with Crippen molar-refractivity contribution in [2.45, 2.75) is 6.61 Å². The molecule has 0 aliphatic carbocycles. The van der Waals surface area contributed by atoms with Gasteiger partial charge in [0.05, 0.1) is 12.8 Å². The van der Waals surface area contributed by atoms with Gasteiger partial charge in [-0.3, -0.25) is 4.68 Å². The quantitative estimate of drug-likeness (QED) is 0.623. The number of nitrogens with one attached hydrogen (secondary N) is 1. The Labute approximate surface area is 139 Å². The lowest BCUT2D eigenvalue weighted by molar-refractivity contribution is 0.185. The average molecular weight is 318 g/mol. The number of aryl methyl sites for hydroxylation is 1. The summed E-state index contributed by atoms with van der Waals surface area (Å²) in [6.45, 7) is 0.602. The Bertz CT molecular complexity index is 999. The highest BCUT2D eigenvalue weighted by atomic mass is 16.5. The van der Waals surface area contributed by atoms with Gasteiger partial charge < -0.3 is 9.72 Å². The molecule has 3 heterocycles. The number of fused-ring (bicyclic) bond motifs is 1. The normalized spacial score (nSPS) is 11.2. The molecule has 24 heavy (non-hydrogen) atoms. The summed E-state index contributed by atoms with van der Waals surface area (Å²) in [4.78, 5) is 7.74. The number of hydrogen-bond acceptors (Lipinski definition) is 3. The molecule has 5 nitrogen and oxygen atoms in total. The van der Waals surface area contributed by atoms with Crippen LogP contribution in [0, 0.1) is 0 Å². The van der Waals surface area contributed by atoms with Crippen molar-refractivity contribution in [3.8, 4) is 22.3 Å². The Balaban J connectivity index is 1.92. The molecule has 0 unspecified atom stereocenters. The van der Waals surface area contributed by atoms with E-state index in [1.807, 2.05) is 36.5 Å². The van der Waals surface area contributed by atoms with Crippen LogP contribution in [0.15, 0.2) is 55.1 Å². The number of aromatic amines is 1. The van der Waals surface area contributed by atoms with Crippen molar-refractivity contribution in [2.24, 2.45) is 7.05 Å². The molecule has 0 saturated heterocycles. The van der Waals surface area contributed by atoms with Gasteiger partial charge in [0, 0.05) is 49.3 Å². The fourth-order valence-corrected chi connectivity index (χ4v) is 3.08. The lowest BCUT2D eigenvalue weighted by Crippen LogP contribution is -1.89. The Morgan fingerprint density at radius 3 is 2.88 bits per heavy atom. The number of pyridine rings is 1. The molecule has 120 valence electrons. The van der Waals surface area contributed by atoms with Gasteiger partial charge in [-0.25, -0.2) is 4.98 Å². The van der Waals surface area contributed by atoms with Crippen molar-refractivity contribution >= 4 is 11.0 Å². The summed E-state index contributed by atoms with van der Waals surface area (Å²) in [5.74, 6) is 0. The van der Waals surface area contributed by atoms with E-state index in [1.165, 1.54) is 0 Å². The number of methoxy groups -OCH3 is 1. The van der Waals surface area contributed by atoms with E-state index in [2.05, 4.69) is 45.4 Å². The molecule has 1 N–H and O–H groups in total. The SMILES string of the molecule is COCc1cccc(-c2ccnc3[nH]cc(-c4cnn(C)c4)c23)c1. The van der Waals surface area contributed by atoms with Crippen LogP contribution in [0.3, 0.4) is 0 Å². The predicted molar refractivity (Wildman–Crippen MR) is 94.4 cm³/mol. The van der Waals surface area contributed by atoms with E-state index in [1.54, 1.807) is 7.11 Å². The van der Waals surface area contributed by atoms with Crippen LogP contribution in [0.5, 0.6) is 0 Å². The second kappa shape index (κ2) is 5.94. The van der Waals surface area contributed by atoms with Gasteiger partial charge in [0.25, 0.3) is 0 Å². The Hall–Kier alpha value is -2.92. The predicted octanol–water partition coefficient (Wildman–Crippen LogP) is 3.78. The minimum atomic E-state index is 0.602. The van der Waals surface area contributed by atoms with Crippen LogP contribution < -0.4 is 0 Å². The maximum absolute atomic E-state index is 5.26. The van der Waals surface area contributed by atoms with Crippen LogP contribution in [-0.4, -0.2) is 26.9 Å². The van der Waals surface area contributed by atoms with Crippen LogP contribution in [-0.2, 0) is 18.4 Å². The first-order chi connectivity index (χ1) is 11.8. The van der Waals surface area contributed by atoms with Gasteiger partial charge in [0.1, 0.15) is 5.65 Å². The minimum absolute atomic E-state index is 0.602. The van der Waals surface area contributed by atoms with Gasteiger partial charge in [-0.2, -0.15) is 5.10 Å². The van der Waals surface area contributed by atoms with Crippen molar-refractivity contribution < 1.29 is 4.74 Å². The molecule has 0 atom stereocenters. The van der Waals surface area contributed by atoms with Crippen molar-refractivity contribution in [1.29, 1.82) is 0 Å². The molecule has 0 bridgehead atoms. The molecule has 0 aliphatic rings. The molecule has 0 aliphatic heterocycles. The van der Waals surface area contributed by atoms with Crippen molar-refractivity contribution in [1.82, 2.24) is 19.7 Å². The van der Waals surface area contributed by atoms with Crippen LogP contribution in [0.1, 0.15) is 5.56 Å². The van der Waals surface area contributed by atoms with Crippen LogP contribution in [0.25, 0.3) is 33.3 Å². The summed E-state index contributed by atoms with van der Waals surface area (Å²) >= 11 is 0. The fourth-order valence-electron chi connectivity index (χ4n) is 3.08. The van der Waals surface area contributed by atoms with Gasteiger partial charge in [0.15, 0.2) is 0 Å². The topological polar surface area (TPSA) is 55.7 Å². The second-order valence-electron chi connectivity index (χ2n) is 5.82. The lowest BCUT2D eigenvalue weighted by atomic mass is 9.98. The highest BCUT2D eigenvalue weighted by molar-refractivity contribution is 6.03. The van der Waals surface area contributed by atoms with E-state index in [0.717, 1.165) is 38.9 Å². The van der Waals surface area contributed by atoms with Gasteiger partial charge in [-0.15, -0.1) is 0 Å². The van der Waals surface area contributed by atoms with Gasteiger partial charge in [-0.05, 0) is 28.8 Å². The highest BCUT2D eigenvalue weighted by Gasteiger charge is 2.14. The molecular weight excluding hydrogens is 300 g/mol. The summed E-state index contributed by atoms with van der Waals surface area (Å²) in [7, 11) is 3.63. The molecule has 1 aromatic carbocycles. The van der Waals surface area contributed by atoms with Gasteiger partial charge >= 0.3 is 0 Å². The van der Waals surface area contributed by atoms with Crippen LogP contribution in [0.4, 0.5) is 0 Å². The average Bonchev–Trinajstić information content (AvgIpc) is 3.21. The van der Waals surface area contributed by atoms with Gasteiger partial charge in [0.2, 0.25) is 0 Å². The van der Waals surface area contributed by atoms with E-state index < -0.39 is 0 Å². The molecule has 4 rings (SSSR count). The first-order valence-electron chi connectivity index (χ1n) is 7.79. The number of benzene rings is 1. The number of rotatable bonds is 4. The maximum Gasteiger partial charge on any atom is 0.138 e. The number of nitrogens with zero attached hydrogens (tertiary/aromatic N) is 3. The number of aromatic nitrogens is 4. The Morgan fingerprint density at radius 1 is 1.17 bits per heavy atom. The lowest BCUT2D eigenvalue weighted by Gasteiger charge is -2.08. The summed E-state index contributed by atoms with van der Waals surface area (Å²) in [5, 5.41) is 5.40. The minimum Gasteiger partial charge on any atom is -0.380 e. The maximum atomic E-state index is 5.26. The first-order valence-corrected chi connectivity index (χ1v) is 7.79. The largest absolute Gasteiger partial charge is 0.380 e. The number of ether oxygens (including phenoxy) is 1. The zero-order chi connectivity index (χ0) is 16.5. The Morgan fingerprint density at radius 2 is 2.08 bits per heavy atom. The first kappa shape index (κ1) is 14.7. The summed E-state index contributed by atoms with van der Waals surface area (Å²) in [5.41, 5.74) is 6.52. The fraction of sp³-hybridized carbons (Fsp3) is 0.158. The molecule has 0 saturated carbocycles. The number of hydrogen-bond donors (Lipinski definition) is 1. The molecule has 0 amide bonds. The summed E-state index contributed by atoms with van der Waals surface area (Å²) in [6, 6.07) is 10.5. The van der Waals surface area contributed by atoms with E-state index in [4.69, 9.17) is 4.74 Å². The third-order valence-corrected chi connectivity index (χ3v) is 4.14. The number of H-pyrrole nitrogens is 1.